The van der Waals surface area contributed by atoms with E-state index < -0.39 is 0 Å². The molecule has 0 atom stereocenters. The summed E-state index contributed by atoms with van der Waals surface area (Å²) in [6.45, 7) is 7.94. The van der Waals surface area contributed by atoms with E-state index in [1.165, 1.54) is 11.6 Å². The number of aryl methyl sites for hydroxylation is 2. The van der Waals surface area contributed by atoms with Gasteiger partial charge in [0.2, 0.25) is 0 Å². The van der Waals surface area contributed by atoms with E-state index in [9.17, 15) is 4.39 Å². The number of para-hydroxylation sites is 1. The molecule has 0 amide bonds. The highest BCUT2D eigenvalue weighted by atomic mass is 19.1. The molecular formula is C18H22FNO. The fourth-order valence-corrected chi connectivity index (χ4v) is 2.22. The van der Waals surface area contributed by atoms with Gasteiger partial charge in [-0.3, -0.25) is 0 Å². The molecule has 2 rings (SSSR count). The second-order valence-corrected chi connectivity index (χ2v) is 5.23. The third-order valence-corrected chi connectivity index (χ3v) is 3.49. The van der Waals surface area contributed by atoms with Crippen LogP contribution in [0, 0.1) is 19.7 Å². The van der Waals surface area contributed by atoms with Crippen molar-refractivity contribution in [2.24, 2.45) is 0 Å². The highest BCUT2D eigenvalue weighted by Crippen LogP contribution is 2.24. The summed E-state index contributed by atoms with van der Waals surface area (Å²) in [4.78, 5) is 0. The van der Waals surface area contributed by atoms with Gasteiger partial charge in [-0.1, -0.05) is 42.8 Å². The molecule has 21 heavy (non-hydrogen) atoms. The van der Waals surface area contributed by atoms with Gasteiger partial charge in [0.25, 0.3) is 0 Å². The number of hydrogen-bond acceptors (Lipinski definition) is 2. The smallest absolute Gasteiger partial charge is 0.165 e. The summed E-state index contributed by atoms with van der Waals surface area (Å²) in [5.41, 5.74) is 4.28. The average Bonchev–Trinajstić information content (AvgIpc) is 2.47. The Morgan fingerprint density at radius 1 is 1.10 bits per heavy atom. The quantitative estimate of drug-likeness (QED) is 0.862. The molecule has 0 unspecified atom stereocenters. The van der Waals surface area contributed by atoms with E-state index in [1.54, 1.807) is 6.07 Å². The predicted molar refractivity (Wildman–Crippen MR) is 84.0 cm³/mol. The molecule has 0 aliphatic rings. The fraction of sp³-hybridized carbons (Fsp3) is 0.333. The Kier molecular flexibility index (Phi) is 5.34. The molecule has 0 saturated heterocycles. The van der Waals surface area contributed by atoms with Crippen molar-refractivity contribution in [3.05, 3.63) is 64.5 Å². The van der Waals surface area contributed by atoms with Gasteiger partial charge < -0.3 is 10.1 Å². The molecule has 0 aromatic heterocycles. The third kappa shape index (κ3) is 4.05. The summed E-state index contributed by atoms with van der Waals surface area (Å²) >= 11 is 0. The molecule has 0 aliphatic heterocycles. The van der Waals surface area contributed by atoms with Crippen LogP contribution < -0.4 is 10.1 Å². The van der Waals surface area contributed by atoms with Crippen molar-refractivity contribution in [2.75, 3.05) is 6.54 Å². The van der Waals surface area contributed by atoms with Crippen molar-refractivity contribution >= 4 is 0 Å². The first-order chi connectivity index (χ1) is 10.1. The Balaban J connectivity index is 2.17. The van der Waals surface area contributed by atoms with Gasteiger partial charge in [-0.05, 0) is 37.6 Å². The minimum atomic E-state index is -0.310. The Hall–Kier alpha value is -1.87. The van der Waals surface area contributed by atoms with Crippen LogP contribution >= 0.6 is 0 Å². The molecule has 0 bridgehead atoms. The number of hydrogen-bond donors (Lipinski definition) is 1. The van der Waals surface area contributed by atoms with Crippen LogP contribution in [0.3, 0.4) is 0 Å². The van der Waals surface area contributed by atoms with Gasteiger partial charge in [-0.15, -0.1) is 0 Å². The molecule has 0 heterocycles. The van der Waals surface area contributed by atoms with Gasteiger partial charge in [-0.2, -0.15) is 0 Å². The van der Waals surface area contributed by atoms with Gasteiger partial charge in [0.15, 0.2) is 11.6 Å². The van der Waals surface area contributed by atoms with Crippen LogP contribution in [0.15, 0.2) is 36.4 Å². The number of benzene rings is 2. The number of halogens is 1. The van der Waals surface area contributed by atoms with Crippen LogP contribution in [0.4, 0.5) is 4.39 Å². The van der Waals surface area contributed by atoms with Crippen molar-refractivity contribution in [2.45, 2.75) is 33.9 Å². The lowest BCUT2D eigenvalue weighted by molar-refractivity contribution is 0.285. The molecule has 0 spiro atoms. The zero-order valence-corrected chi connectivity index (χ0v) is 12.9. The topological polar surface area (TPSA) is 21.3 Å². The largest absolute Gasteiger partial charge is 0.485 e. The first-order valence-electron chi connectivity index (χ1n) is 7.29. The first-order valence-corrected chi connectivity index (χ1v) is 7.29. The molecule has 0 radical (unpaired) electrons. The lowest BCUT2D eigenvalue weighted by atomic mass is 10.1. The minimum Gasteiger partial charge on any atom is -0.485 e. The van der Waals surface area contributed by atoms with E-state index in [2.05, 4.69) is 23.5 Å². The van der Waals surface area contributed by atoms with Crippen LogP contribution in [-0.2, 0) is 13.2 Å². The Morgan fingerprint density at radius 2 is 1.90 bits per heavy atom. The lowest BCUT2D eigenvalue weighted by Gasteiger charge is -2.14. The second-order valence-electron chi connectivity index (χ2n) is 5.23. The fourth-order valence-electron chi connectivity index (χ4n) is 2.22. The molecule has 2 aromatic rings. The van der Waals surface area contributed by atoms with Crippen LogP contribution in [0.2, 0.25) is 0 Å². The number of rotatable bonds is 6. The van der Waals surface area contributed by atoms with E-state index >= 15 is 0 Å². The Morgan fingerprint density at radius 3 is 2.67 bits per heavy atom. The van der Waals surface area contributed by atoms with E-state index in [4.69, 9.17) is 4.74 Å². The Bertz CT molecular complexity index is 610. The van der Waals surface area contributed by atoms with Gasteiger partial charge in [0.05, 0.1) is 0 Å². The monoisotopic (exact) mass is 287 g/mol. The van der Waals surface area contributed by atoms with Crippen molar-refractivity contribution < 1.29 is 9.13 Å². The standard InChI is InChI=1S/C18H22FNO/c1-4-20-11-15-6-5-7-17(19)18(15)21-12-16-10-13(2)8-9-14(16)3/h5-10,20H,4,11-12H2,1-3H3. The Labute approximate surface area is 126 Å². The van der Waals surface area contributed by atoms with Crippen LogP contribution in [-0.4, -0.2) is 6.54 Å². The van der Waals surface area contributed by atoms with E-state index in [-0.39, 0.29) is 5.82 Å². The number of nitrogens with one attached hydrogen (secondary N) is 1. The summed E-state index contributed by atoms with van der Waals surface area (Å²) < 4.78 is 19.8. The van der Waals surface area contributed by atoms with Crippen molar-refractivity contribution in [1.82, 2.24) is 5.32 Å². The molecule has 0 saturated carbocycles. The SMILES string of the molecule is CCNCc1cccc(F)c1OCc1cc(C)ccc1C. The van der Waals surface area contributed by atoms with Crippen molar-refractivity contribution in [3.8, 4) is 5.75 Å². The molecule has 3 heteroatoms. The molecule has 1 N–H and O–H groups in total. The van der Waals surface area contributed by atoms with E-state index in [1.807, 2.05) is 26.8 Å². The normalized spacial score (nSPS) is 10.7. The lowest BCUT2D eigenvalue weighted by Crippen LogP contribution is -2.13. The third-order valence-electron chi connectivity index (χ3n) is 3.49. The van der Waals surface area contributed by atoms with Gasteiger partial charge in [-0.25, -0.2) is 4.39 Å². The predicted octanol–water partition coefficient (Wildman–Crippen LogP) is 4.13. The summed E-state index contributed by atoms with van der Waals surface area (Å²) in [5, 5.41) is 3.20. The van der Waals surface area contributed by atoms with Gasteiger partial charge in [0.1, 0.15) is 6.61 Å². The maximum absolute atomic E-state index is 14.0. The summed E-state index contributed by atoms with van der Waals surface area (Å²) in [5.74, 6) is 0.0371. The molecule has 0 aliphatic carbocycles. The van der Waals surface area contributed by atoms with Crippen LogP contribution in [0.1, 0.15) is 29.2 Å². The average molecular weight is 287 g/mol. The minimum absolute atomic E-state index is 0.310. The highest BCUT2D eigenvalue weighted by molar-refractivity contribution is 5.36. The summed E-state index contributed by atoms with van der Waals surface area (Å²) in [7, 11) is 0. The molecule has 0 fully saturated rings. The van der Waals surface area contributed by atoms with E-state index in [0.717, 1.165) is 23.2 Å². The molecule has 2 nitrogen and oxygen atoms in total. The molecule has 2 aromatic carbocycles. The van der Waals surface area contributed by atoms with Crippen LogP contribution in [0.25, 0.3) is 0 Å². The van der Waals surface area contributed by atoms with Crippen LogP contribution in [0.5, 0.6) is 5.75 Å². The van der Waals surface area contributed by atoms with Crippen molar-refractivity contribution in [3.63, 3.8) is 0 Å². The summed E-state index contributed by atoms with van der Waals surface area (Å²) in [6, 6.07) is 11.3. The second kappa shape index (κ2) is 7.23. The summed E-state index contributed by atoms with van der Waals surface area (Å²) in [6.07, 6.45) is 0. The van der Waals surface area contributed by atoms with Crippen molar-refractivity contribution in [1.29, 1.82) is 0 Å². The first kappa shape index (κ1) is 15.5. The maximum atomic E-state index is 14.0. The van der Waals surface area contributed by atoms with E-state index in [0.29, 0.717) is 18.9 Å². The van der Waals surface area contributed by atoms with Gasteiger partial charge >= 0.3 is 0 Å². The zero-order valence-electron chi connectivity index (χ0n) is 12.9. The molecular weight excluding hydrogens is 265 g/mol. The van der Waals surface area contributed by atoms with Gasteiger partial charge in [0, 0.05) is 12.1 Å². The maximum Gasteiger partial charge on any atom is 0.165 e. The zero-order chi connectivity index (χ0) is 15.2. The number of ether oxygens (including phenoxy) is 1. The molecule has 112 valence electrons. The highest BCUT2D eigenvalue weighted by Gasteiger charge is 2.10.